The van der Waals surface area contributed by atoms with Gasteiger partial charge >= 0.3 is 0 Å². The van der Waals surface area contributed by atoms with Crippen LogP contribution in [0.1, 0.15) is 31.9 Å². The lowest BCUT2D eigenvalue weighted by Gasteiger charge is -2.26. The number of carbonyl (C=O) groups excluding carboxylic acids is 1. The zero-order chi connectivity index (χ0) is 13.9. The molecule has 104 valence electrons. The molecule has 1 unspecified atom stereocenters. The monoisotopic (exact) mass is 263 g/mol. The van der Waals surface area contributed by atoms with Crippen LogP contribution in [-0.2, 0) is 4.79 Å². The number of nitrogens with zero attached hydrogens (tertiary/aromatic N) is 1. The third kappa shape index (κ3) is 2.87. The summed E-state index contributed by atoms with van der Waals surface area (Å²) in [4.78, 5) is 16.7. The number of rotatable bonds is 4. The smallest absolute Gasteiger partial charge is 0.233 e. The highest BCUT2D eigenvalue weighted by Gasteiger charge is 2.40. The molecule has 0 bridgehead atoms. The number of hydrogen-bond donors (Lipinski definition) is 3. The van der Waals surface area contributed by atoms with Crippen LogP contribution in [0.3, 0.4) is 0 Å². The molecule has 1 aliphatic rings. The van der Waals surface area contributed by atoms with Crippen molar-refractivity contribution in [2.24, 2.45) is 5.41 Å². The number of pyridine rings is 1. The molecule has 5 heteroatoms. The Morgan fingerprint density at radius 1 is 1.58 bits per heavy atom. The molecular weight excluding hydrogens is 242 g/mol. The minimum Gasteiger partial charge on any atom is -0.504 e. The summed E-state index contributed by atoms with van der Waals surface area (Å²) in [5.41, 5.74) is 0.397. The van der Waals surface area contributed by atoms with Crippen LogP contribution in [0.4, 0.5) is 5.82 Å². The average molecular weight is 263 g/mol. The van der Waals surface area contributed by atoms with Crippen LogP contribution >= 0.6 is 0 Å². The lowest BCUT2D eigenvalue weighted by atomic mass is 9.81. The van der Waals surface area contributed by atoms with Gasteiger partial charge in [0, 0.05) is 12.2 Å². The average Bonchev–Trinajstić information content (AvgIpc) is 2.84. The van der Waals surface area contributed by atoms with Crippen molar-refractivity contribution in [1.82, 2.24) is 10.3 Å². The molecule has 1 aliphatic heterocycles. The van der Waals surface area contributed by atoms with Gasteiger partial charge in [-0.2, -0.15) is 0 Å². The highest BCUT2D eigenvalue weighted by molar-refractivity contribution is 5.96. The molecular formula is C14H21N3O2. The third-order valence-corrected chi connectivity index (χ3v) is 3.70. The van der Waals surface area contributed by atoms with E-state index in [2.05, 4.69) is 22.5 Å². The number of carbonyl (C=O) groups is 1. The molecule has 1 aromatic rings. The van der Waals surface area contributed by atoms with E-state index in [0.717, 1.165) is 31.5 Å². The molecule has 1 atom stereocenters. The van der Waals surface area contributed by atoms with E-state index in [4.69, 9.17) is 0 Å². The van der Waals surface area contributed by atoms with Crippen LogP contribution < -0.4 is 10.6 Å². The van der Waals surface area contributed by atoms with Gasteiger partial charge in [-0.3, -0.25) is 4.79 Å². The second-order valence-corrected chi connectivity index (χ2v) is 5.23. The number of amides is 1. The number of aryl methyl sites for hydroxylation is 1. The van der Waals surface area contributed by atoms with Gasteiger partial charge in [0.2, 0.25) is 5.91 Å². The number of aromatic nitrogens is 1. The van der Waals surface area contributed by atoms with Gasteiger partial charge < -0.3 is 15.7 Å². The molecule has 5 nitrogen and oxygen atoms in total. The Balaban J connectivity index is 2.17. The number of hydrogen-bond acceptors (Lipinski definition) is 4. The first kappa shape index (κ1) is 13.8. The second-order valence-electron chi connectivity index (χ2n) is 5.23. The van der Waals surface area contributed by atoms with Gasteiger partial charge in [-0.1, -0.05) is 13.3 Å². The molecule has 1 saturated heterocycles. The predicted molar refractivity (Wildman–Crippen MR) is 74.1 cm³/mol. The van der Waals surface area contributed by atoms with E-state index in [1.54, 1.807) is 12.1 Å². The Labute approximate surface area is 113 Å². The van der Waals surface area contributed by atoms with Gasteiger partial charge in [0.25, 0.3) is 0 Å². The maximum atomic E-state index is 12.5. The minimum absolute atomic E-state index is 0.0107. The molecule has 19 heavy (non-hydrogen) atoms. The van der Waals surface area contributed by atoms with E-state index in [1.807, 2.05) is 6.92 Å². The first-order valence-electron chi connectivity index (χ1n) is 6.76. The number of nitrogens with one attached hydrogen (secondary N) is 2. The van der Waals surface area contributed by atoms with Crippen LogP contribution in [0.2, 0.25) is 0 Å². The van der Waals surface area contributed by atoms with Crippen molar-refractivity contribution in [2.75, 3.05) is 18.4 Å². The largest absolute Gasteiger partial charge is 0.504 e. The lowest BCUT2D eigenvalue weighted by Crippen LogP contribution is -2.38. The SMILES string of the molecule is CCCC1(C(=O)Nc2nc(C)ccc2O)CCNC1. The molecule has 0 aliphatic carbocycles. The number of aromatic hydroxyl groups is 1. The van der Waals surface area contributed by atoms with Crippen molar-refractivity contribution >= 4 is 11.7 Å². The molecule has 1 amide bonds. The summed E-state index contributed by atoms with van der Waals surface area (Å²) in [5, 5.41) is 15.8. The van der Waals surface area contributed by atoms with Gasteiger partial charge in [0.05, 0.1) is 5.41 Å². The third-order valence-electron chi connectivity index (χ3n) is 3.70. The first-order chi connectivity index (χ1) is 9.07. The Morgan fingerprint density at radius 3 is 3.00 bits per heavy atom. The molecule has 0 radical (unpaired) electrons. The summed E-state index contributed by atoms with van der Waals surface area (Å²) >= 11 is 0. The molecule has 0 saturated carbocycles. The van der Waals surface area contributed by atoms with Crippen molar-refractivity contribution in [3.8, 4) is 5.75 Å². The zero-order valence-corrected chi connectivity index (χ0v) is 11.5. The van der Waals surface area contributed by atoms with E-state index < -0.39 is 0 Å². The zero-order valence-electron chi connectivity index (χ0n) is 11.5. The predicted octanol–water partition coefficient (Wildman–Crippen LogP) is 1.81. The lowest BCUT2D eigenvalue weighted by molar-refractivity contribution is -0.125. The summed E-state index contributed by atoms with van der Waals surface area (Å²) in [6, 6.07) is 3.27. The minimum atomic E-state index is -0.368. The molecule has 3 N–H and O–H groups in total. The van der Waals surface area contributed by atoms with Gasteiger partial charge in [0.15, 0.2) is 11.6 Å². The topological polar surface area (TPSA) is 74.2 Å². The Hall–Kier alpha value is -1.62. The van der Waals surface area contributed by atoms with Crippen LogP contribution in [0.25, 0.3) is 0 Å². The quantitative estimate of drug-likeness (QED) is 0.774. The normalized spacial score (nSPS) is 22.4. The maximum Gasteiger partial charge on any atom is 0.233 e. The van der Waals surface area contributed by atoms with Crippen LogP contribution in [0.5, 0.6) is 5.75 Å². The Morgan fingerprint density at radius 2 is 2.37 bits per heavy atom. The van der Waals surface area contributed by atoms with Gasteiger partial charge in [0.1, 0.15) is 0 Å². The molecule has 0 aromatic carbocycles. The van der Waals surface area contributed by atoms with Crippen molar-refractivity contribution in [3.05, 3.63) is 17.8 Å². The Bertz CT molecular complexity index is 468. The van der Waals surface area contributed by atoms with Gasteiger partial charge in [-0.15, -0.1) is 0 Å². The van der Waals surface area contributed by atoms with Crippen molar-refractivity contribution in [1.29, 1.82) is 0 Å². The Kier molecular flexibility index (Phi) is 4.04. The van der Waals surface area contributed by atoms with Gasteiger partial charge in [-0.25, -0.2) is 4.98 Å². The van der Waals surface area contributed by atoms with E-state index in [-0.39, 0.29) is 22.9 Å². The summed E-state index contributed by atoms with van der Waals surface area (Å²) in [7, 11) is 0. The van der Waals surface area contributed by atoms with E-state index in [1.165, 1.54) is 0 Å². The van der Waals surface area contributed by atoms with Crippen molar-refractivity contribution < 1.29 is 9.90 Å². The summed E-state index contributed by atoms with van der Waals surface area (Å²) in [5.74, 6) is 0.219. The molecule has 2 rings (SSSR count). The van der Waals surface area contributed by atoms with Crippen molar-refractivity contribution in [3.63, 3.8) is 0 Å². The van der Waals surface area contributed by atoms with Crippen molar-refractivity contribution in [2.45, 2.75) is 33.1 Å². The fourth-order valence-electron chi connectivity index (χ4n) is 2.62. The fraction of sp³-hybridized carbons (Fsp3) is 0.571. The van der Waals surface area contributed by atoms with Crippen LogP contribution in [0, 0.1) is 12.3 Å². The van der Waals surface area contributed by atoms with E-state index >= 15 is 0 Å². The molecule has 2 heterocycles. The van der Waals surface area contributed by atoms with Crippen LogP contribution in [0.15, 0.2) is 12.1 Å². The van der Waals surface area contributed by atoms with Crippen LogP contribution in [-0.4, -0.2) is 29.1 Å². The van der Waals surface area contributed by atoms with E-state index in [0.29, 0.717) is 6.54 Å². The summed E-state index contributed by atoms with van der Waals surface area (Å²) in [6.45, 7) is 5.46. The molecule has 1 aromatic heterocycles. The van der Waals surface area contributed by atoms with E-state index in [9.17, 15) is 9.90 Å². The maximum absolute atomic E-state index is 12.5. The fourth-order valence-corrected chi connectivity index (χ4v) is 2.62. The standard InChI is InChI=1S/C14H21N3O2/c1-3-6-14(7-8-15-9-14)13(19)17-12-11(18)5-4-10(2)16-12/h4-5,15,18H,3,6-9H2,1-2H3,(H,16,17,19). The first-order valence-corrected chi connectivity index (χ1v) is 6.76. The second kappa shape index (κ2) is 5.57. The summed E-state index contributed by atoms with van der Waals surface area (Å²) in [6.07, 6.45) is 2.64. The highest BCUT2D eigenvalue weighted by Crippen LogP contribution is 2.33. The molecule has 1 fully saturated rings. The molecule has 0 spiro atoms. The van der Waals surface area contributed by atoms with Gasteiger partial charge in [-0.05, 0) is 38.4 Å². The highest BCUT2D eigenvalue weighted by atomic mass is 16.3. The number of anilines is 1. The summed E-state index contributed by atoms with van der Waals surface area (Å²) < 4.78 is 0.